The van der Waals surface area contributed by atoms with Crippen molar-refractivity contribution in [2.24, 2.45) is 5.73 Å². The monoisotopic (exact) mass is 796 g/mol. The van der Waals surface area contributed by atoms with Crippen LogP contribution in [-0.2, 0) is 27.9 Å². The minimum atomic E-state index is -4.28. The Labute approximate surface area is 339 Å². The molecule has 0 aromatic heterocycles. The molecule has 2 atom stereocenters. The molecule has 0 aliphatic heterocycles. The first-order valence-corrected chi connectivity index (χ1v) is 24.1. The lowest BCUT2D eigenvalue weighted by Gasteiger charge is -2.20. The molecule has 8 nitrogen and oxygen atoms in total. The van der Waals surface area contributed by atoms with Crippen molar-refractivity contribution < 1.29 is 32.8 Å². The van der Waals surface area contributed by atoms with Crippen molar-refractivity contribution in [3.63, 3.8) is 0 Å². The normalized spacial score (nSPS) is 13.9. The molecule has 0 amide bonds. The maximum Gasteiger partial charge on any atom is 0.472 e. The molecule has 0 aliphatic carbocycles. The molecule has 0 aromatic carbocycles. The third kappa shape index (κ3) is 43.4. The molecular formula is C46H86NO7P. The molecule has 3 N–H and O–H groups in total. The van der Waals surface area contributed by atoms with Crippen LogP contribution in [0.15, 0.2) is 48.6 Å². The standard InChI is InChI=1S/C46H86NO7P/c1-3-5-7-9-11-13-15-17-19-20-21-22-23-24-25-27-29-31-33-35-37-39-46(48)54-45(44-53-55(49,50)52-42-40-47)43-51-41-38-36-34-32-30-28-26-18-16-14-12-10-8-6-4-2/h5,7,11,13,17,19,21-22,45H,3-4,6,8-10,12,14-16,18,20,23-44,47H2,1-2H3,(H,49,50)/b7-5-,13-11-,19-17-,22-21-. The predicted octanol–water partition coefficient (Wildman–Crippen LogP) is 13.6. The molecule has 0 rings (SSSR count). The average molecular weight is 796 g/mol. The lowest BCUT2D eigenvalue weighted by atomic mass is 10.0. The molecule has 0 saturated carbocycles. The fourth-order valence-corrected chi connectivity index (χ4v) is 6.99. The number of carbonyl (C=O) groups is 1. The van der Waals surface area contributed by atoms with E-state index in [9.17, 15) is 14.3 Å². The van der Waals surface area contributed by atoms with Gasteiger partial charge in [-0.2, -0.15) is 0 Å². The predicted molar refractivity (Wildman–Crippen MR) is 233 cm³/mol. The maximum atomic E-state index is 12.6. The summed E-state index contributed by atoms with van der Waals surface area (Å²) < 4.78 is 33.5. The molecule has 55 heavy (non-hydrogen) atoms. The van der Waals surface area contributed by atoms with Gasteiger partial charge in [-0.15, -0.1) is 0 Å². The van der Waals surface area contributed by atoms with E-state index < -0.39 is 13.9 Å². The van der Waals surface area contributed by atoms with E-state index in [0.717, 1.165) is 64.2 Å². The summed E-state index contributed by atoms with van der Waals surface area (Å²) in [5.41, 5.74) is 5.37. The van der Waals surface area contributed by atoms with Crippen molar-refractivity contribution in [3.05, 3.63) is 48.6 Å². The van der Waals surface area contributed by atoms with Crippen LogP contribution in [0.25, 0.3) is 0 Å². The number of hydrogen-bond acceptors (Lipinski definition) is 7. The minimum Gasteiger partial charge on any atom is -0.457 e. The van der Waals surface area contributed by atoms with Gasteiger partial charge in [0.25, 0.3) is 0 Å². The fourth-order valence-electron chi connectivity index (χ4n) is 6.22. The van der Waals surface area contributed by atoms with Gasteiger partial charge in [0.05, 0.1) is 19.8 Å². The second-order valence-electron chi connectivity index (χ2n) is 14.9. The van der Waals surface area contributed by atoms with Crippen molar-refractivity contribution in [1.29, 1.82) is 0 Å². The highest BCUT2D eigenvalue weighted by molar-refractivity contribution is 7.47. The average Bonchev–Trinajstić information content (AvgIpc) is 3.17. The van der Waals surface area contributed by atoms with E-state index in [4.69, 9.17) is 24.3 Å². The van der Waals surface area contributed by atoms with Gasteiger partial charge in [0.2, 0.25) is 0 Å². The Kier molecular flexibility index (Phi) is 42.4. The molecule has 0 bridgehead atoms. The highest BCUT2D eigenvalue weighted by Crippen LogP contribution is 2.43. The van der Waals surface area contributed by atoms with E-state index in [1.54, 1.807) is 0 Å². The van der Waals surface area contributed by atoms with Crippen LogP contribution in [-0.4, -0.2) is 49.9 Å². The molecule has 0 fully saturated rings. The van der Waals surface area contributed by atoms with Gasteiger partial charge in [-0.3, -0.25) is 13.8 Å². The topological polar surface area (TPSA) is 117 Å². The van der Waals surface area contributed by atoms with Crippen molar-refractivity contribution in [1.82, 2.24) is 0 Å². The van der Waals surface area contributed by atoms with Gasteiger partial charge in [-0.05, 0) is 51.4 Å². The van der Waals surface area contributed by atoms with Gasteiger partial charge in [-0.25, -0.2) is 4.57 Å². The van der Waals surface area contributed by atoms with E-state index in [1.165, 1.54) is 116 Å². The molecular weight excluding hydrogens is 709 g/mol. The maximum absolute atomic E-state index is 12.6. The van der Waals surface area contributed by atoms with E-state index in [2.05, 4.69) is 62.5 Å². The van der Waals surface area contributed by atoms with Crippen LogP contribution in [0.2, 0.25) is 0 Å². The van der Waals surface area contributed by atoms with Gasteiger partial charge in [0.15, 0.2) is 0 Å². The summed E-state index contributed by atoms with van der Waals surface area (Å²) in [5, 5.41) is 0. The van der Waals surface area contributed by atoms with Gasteiger partial charge in [0, 0.05) is 19.6 Å². The molecule has 0 saturated heterocycles. The highest BCUT2D eigenvalue weighted by Gasteiger charge is 2.25. The summed E-state index contributed by atoms with van der Waals surface area (Å²) in [5.74, 6) is -0.337. The number of hydrogen-bond donors (Lipinski definition) is 2. The van der Waals surface area contributed by atoms with Crippen LogP contribution in [0, 0.1) is 0 Å². The van der Waals surface area contributed by atoms with Gasteiger partial charge in [0.1, 0.15) is 6.10 Å². The van der Waals surface area contributed by atoms with Crippen LogP contribution in [0.3, 0.4) is 0 Å². The number of phosphoric ester groups is 1. The van der Waals surface area contributed by atoms with Crippen LogP contribution in [0.1, 0.15) is 200 Å². The molecule has 0 aromatic rings. The Bertz CT molecular complexity index is 983. The summed E-state index contributed by atoms with van der Waals surface area (Å²) in [4.78, 5) is 22.5. The minimum absolute atomic E-state index is 0.0973. The van der Waals surface area contributed by atoms with E-state index in [-0.39, 0.29) is 32.3 Å². The molecule has 0 radical (unpaired) electrons. The van der Waals surface area contributed by atoms with Gasteiger partial charge < -0.3 is 20.1 Å². The Morgan fingerprint density at radius 1 is 0.564 bits per heavy atom. The van der Waals surface area contributed by atoms with Gasteiger partial charge >= 0.3 is 13.8 Å². The van der Waals surface area contributed by atoms with E-state index >= 15 is 0 Å². The smallest absolute Gasteiger partial charge is 0.457 e. The molecule has 322 valence electrons. The molecule has 0 aliphatic rings. The SMILES string of the molecule is CC/C=C\C/C=C\C/C=C\C/C=C\CCCCCCCCCCC(=O)OC(COCCCCCCCCCCCCCCCCC)COP(=O)(O)OCCN. The summed E-state index contributed by atoms with van der Waals surface area (Å²) in [6.45, 7) is 4.82. The summed E-state index contributed by atoms with van der Waals surface area (Å²) in [6, 6.07) is 0. The quantitative estimate of drug-likeness (QED) is 0.0271. The van der Waals surface area contributed by atoms with E-state index in [0.29, 0.717) is 13.0 Å². The van der Waals surface area contributed by atoms with Crippen LogP contribution in [0.4, 0.5) is 0 Å². The number of nitrogens with two attached hydrogens (primary N) is 1. The zero-order valence-electron chi connectivity index (χ0n) is 35.7. The second kappa shape index (κ2) is 43.6. The van der Waals surface area contributed by atoms with Crippen molar-refractivity contribution in [2.75, 3.05) is 33.0 Å². The third-order valence-corrected chi connectivity index (χ3v) is 10.5. The first-order chi connectivity index (χ1) is 26.9. The summed E-state index contributed by atoms with van der Waals surface area (Å²) in [6.07, 6.45) is 51.2. The van der Waals surface area contributed by atoms with Crippen molar-refractivity contribution in [2.45, 2.75) is 206 Å². The zero-order chi connectivity index (χ0) is 40.2. The number of rotatable bonds is 43. The molecule has 0 heterocycles. The fraction of sp³-hybridized carbons (Fsp3) is 0.804. The Hall–Kier alpha value is -1.54. The summed E-state index contributed by atoms with van der Waals surface area (Å²) >= 11 is 0. The molecule has 0 spiro atoms. The molecule has 2 unspecified atom stereocenters. The van der Waals surface area contributed by atoms with Crippen LogP contribution < -0.4 is 5.73 Å². The number of esters is 1. The lowest BCUT2D eigenvalue weighted by Crippen LogP contribution is -2.28. The number of phosphoric acid groups is 1. The summed E-state index contributed by atoms with van der Waals surface area (Å²) in [7, 11) is -4.28. The van der Waals surface area contributed by atoms with Gasteiger partial charge in [-0.1, -0.05) is 191 Å². The lowest BCUT2D eigenvalue weighted by molar-refractivity contribution is -0.154. The number of ether oxygens (including phenoxy) is 2. The van der Waals surface area contributed by atoms with Crippen LogP contribution >= 0.6 is 7.82 Å². The van der Waals surface area contributed by atoms with Crippen molar-refractivity contribution >= 4 is 13.8 Å². The van der Waals surface area contributed by atoms with E-state index in [1.807, 2.05) is 0 Å². The first kappa shape index (κ1) is 53.5. The second-order valence-corrected chi connectivity index (χ2v) is 16.3. The highest BCUT2D eigenvalue weighted by atomic mass is 31.2. The number of allylic oxidation sites excluding steroid dienone is 8. The largest absolute Gasteiger partial charge is 0.472 e. The Morgan fingerprint density at radius 3 is 1.53 bits per heavy atom. The number of carbonyl (C=O) groups excluding carboxylic acids is 1. The Morgan fingerprint density at radius 2 is 1.02 bits per heavy atom. The Balaban J connectivity index is 4.01. The number of unbranched alkanes of at least 4 members (excludes halogenated alkanes) is 22. The van der Waals surface area contributed by atoms with Crippen molar-refractivity contribution in [3.8, 4) is 0 Å². The van der Waals surface area contributed by atoms with Crippen LogP contribution in [0.5, 0.6) is 0 Å². The first-order valence-electron chi connectivity index (χ1n) is 22.6. The molecule has 9 heteroatoms. The third-order valence-electron chi connectivity index (χ3n) is 9.51. The zero-order valence-corrected chi connectivity index (χ0v) is 36.6.